The van der Waals surface area contributed by atoms with Crippen LogP contribution in [0.4, 0.5) is 0 Å². The van der Waals surface area contributed by atoms with Gasteiger partial charge in [-0.1, -0.05) is 12.1 Å². The molecule has 2 N–H and O–H groups in total. The number of ether oxygens (including phenoxy) is 2. The van der Waals surface area contributed by atoms with E-state index in [1.165, 1.54) is 4.88 Å². The van der Waals surface area contributed by atoms with Gasteiger partial charge in [-0.05, 0) is 38.5 Å². The summed E-state index contributed by atoms with van der Waals surface area (Å²) in [6.07, 6.45) is 0. The zero-order chi connectivity index (χ0) is 21.2. The van der Waals surface area contributed by atoms with Crippen molar-refractivity contribution in [2.75, 3.05) is 46.0 Å². The zero-order valence-electron chi connectivity index (χ0n) is 18.2. The Morgan fingerprint density at radius 2 is 2.10 bits per heavy atom. The Kier molecular flexibility index (Phi) is 8.92. The molecule has 3 rings (SSSR count). The van der Waals surface area contributed by atoms with Crippen molar-refractivity contribution in [3.8, 4) is 5.75 Å². The van der Waals surface area contributed by atoms with Crippen LogP contribution < -0.4 is 15.4 Å². The third-order valence-electron chi connectivity index (χ3n) is 4.86. The molecule has 8 heteroatoms. The topological polar surface area (TPSA) is 71.0 Å². The van der Waals surface area contributed by atoms with Gasteiger partial charge in [-0.2, -0.15) is 0 Å². The summed E-state index contributed by atoms with van der Waals surface area (Å²) in [6, 6.07) is 8.19. The van der Waals surface area contributed by atoms with Crippen molar-refractivity contribution >= 4 is 17.3 Å². The minimum absolute atomic E-state index is 0.594. The van der Waals surface area contributed by atoms with Crippen molar-refractivity contribution < 1.29 is 9.47 Å². The van der Waals surface area contributed by atoms with Crippen molar-refractivity contribution in [1.29, 1.82) is 0 Å². The molecular weight excluding hydrogens is 398 g/mol. The van der Waals surface area contributed by atoms with Gasteiger partial charge in [0.1, 0.15) is 12.4 Å². The highest BCUT2D eigenvalue weighted by molar-refractivity contribution is 7.11. The molecule has 0 saturated carbocycles. The third kappa shape index (κ3) is 7.27. The fourth-order valence-electron chi connectivity index (χ4n) is 3.26. The molecule has 0 aliphatic carbocycles. The molecule has 30 heavy (non-hydrogen) atoms. The number of aromatic nitrogens is 1. The smallest absolute Gasteiger partial charge is 0.191 e. The maximum absolute atomic E-state index is 5.96. The highest BCUT2D eigenvalue weighted by atomic mass is 32.1. The number of hydrogen-bond donors (Lipinski definition) is 2. The Labute approximate surface area is 183 Å². The Balaban J connectivity index is 1.50. The van der Waals surface area contributed by atoms with Crippen molar-refractivity contribution in [3.63, 3.8) is 0 Å². The van der Waals surface area contributed by atoms with Gasteiger partial charge in [0.15, 0.2) is 5.96 Å². The zero-order valence-corrected chi connectivity index (χ0v) is 19.1. The quantitative estimate of drug-likeness (QED) is 0.470. The van der Waals surface area contributed by atoms with Crippen molar-refractivity contribution in [2.24, 2.45) is 4.99 Å². The summed E-state index contributed by atoms with van der Waals surface area (Å²) in [7, 11) is 0. The molecule has 1 aliphatic heterocycles. The number of nitrogens with zero attached hydrogens (tertiary/aromatic N) is 3. The number of guanidine groups is 1. The monoisotopic (exact) mass is 431 g/mol. The number of aliphatic imine (C=N–C) groups is 1. The largest absolute Gasteiger partial charge is 0.492 e. The second kappa shape index (κ2) is 11.9. The van der Waals surface area contributed by atoms with Crippen LogP contribution in [-0.2, 0) is 17.8 Å². The fourth-order valence-corrected chi connectivity index (χ4v) is 4.14. The van der Waals surface area contributed by atoms with E-state index in [2.05, 4.69) is 46.5 Å². The molecule has 0 amide bonds. The van der Waals surface area contributed by atoms with Crippen LogP contribution in [-0.4, -0.2) is 61.8 Å². The van der Waals surface area contributed by atoms with Crippen LogP contribution in [0.2, 0.25) is 0 Å². The fraction of sp³-hybridized carbons (Fsp3) is 0.545. The molecule has 1 fully saturated rings. The lowest BCUT2D eigenvalue weighted by Gasteiger charge is -2.26. The number of thiazole rings is 1. The van der Waals surface area contributed by atoms with E-state index in [4.69, 9.17) is 14.5 Å². The molecule has 1 saturated heterocycles. The maximum atomic E-state index is 5.96. The molecule has 7 nitrogen and oxygen atoms in total. The molecule has 1 aliphatic rings. The van der Waals surface area contributed by atoms with Gasteiger partial charge in [0.2, 0.25) is 0 Å². The van der Waals surface area contributed by atoms with Gasteiger partial charge < -0.3 is 20.1 Å². The first kappa shape index (κ1) is 22.5. The summed E-state index contributed by atoms with van der Waals surface area (Å²) in [5.74, 6) is 1.70. The van der Waals surface area contributed by atoms with Crippen LogP contribution in [0.15, 0.2) is 29.3 Å². The molecule has 0 spiro atoms. The van der Waals surface area contributed by atoms with Crippen molar-refractivity contribution in [3.05, 3.63) is 45.4 Å². The average molecular weight is 432 g/mol. The minimum Gasteiger partial charge on any atom is -0.492 e. The molecular formula is C22H33N5O2S. The summed E-state index contributed by atoms with van der Waals surface area (Å²) in [6.45, 7) is 13.5. The van der Waals surface area contributed by atoms with Crippen LogP contribution in [0.5, 0.6) is 5.75 Å². The van der Waals surface area contributed by atoms with E-state index < -0.39 is 0 Å². The lowest BCUT2D eigenvalue weighted by atomic mass is 10.2. The second-order valence-corrected chi connectivity index (χ2v) is 8.53. The molecule has 1 aromatic carbocycles. The predicted molar refractivity (Wildman–Crippen MR) is 122 cm³/mol. The number of benzene rings is 1. The highest BCUT2D eigenvalue weighted by Crippen LogP contribution is 2.17. The second-order valence-electron chi connectivity index (χ2n) is 7.24. The van der Waals surface area contributed by atoms with Gasteiger partial charge >= 0.3 is 0 Å². The van der Waals surface area contributed by atoms with Gasteiger partial charge in [0.25, 0.3) is 0 Å². The molecule has 0 atom stereocenters. The number of aryl methyl sites for hydroxylation is 2. The molecule has 0 unspecified atom stereocenters. The number of morpholine rings is 1. The summed E-state index contributed by atoms with van der Waals surface area (Å²) >= 11 is 1.73. The maximum Gasteiger partial charge on any atom is 0.191 e. The number of hydrogen-bond acceptors (Lipinski definition) is 6. The van der Waals surface area contributed by atoms with E-state index in [1.54, 1.807) is 11.3 Å². The predicted octanol–water partition coefficient (Wildman–Crippen LogP) is 2.73. The van der Waals surface area contributed by atoms with E-state index in [9.17, 15) is 0 Å². The van der Waals surface area contributed by atoms with Gasteiger partial charge in [-0.3, -0.25) is 4.90 Å². The summed E-state index contributed by atoms with van der Waals surface area (Å²) in [5.41, 5.74) is 2.21. The van der Waals surface area contributed by atoms with E-state index >= 15 is 0 Å². The SMILES string of the molecule is CCNC(=NCc1cccc(OCCN2CCOCC2)c1)NCc1sc(C)nc1C. The van der Waals surface area contributed by atoms with E-state index in [1.807, 2.05) is 19.1 Å². The first-order valence-corrected chi connectivity index (χ1v) is 11.4. The summed E-state index contributed by atoms with van der Waals surface area (Å²) in [5, 5.41) is 7.81. The Morgan fingerprint density at radius 3 is 2.83 bits per heavy atom. The molecule has 2 heterocycles. The summed E-state index contributed by atoms with van der Waals surface area (Å²) in [4.78, 5) is 12.8. The molecule has 1 aromatic heterocycles. The first-order chi connectivity index (χ1) is 14.6. The van der Waals surface area contributed by atoms with E-state index in [0.717, 1.165) is 73.9 Å². The van der Waals surface area contributed by atoms with Gasteiger partial charge in [-0.25, -0.2) is 9.98 Å². The number of nitrogens with one attached hydrogen (secondary N) is 2. The molecule has 164 valence electrons. The van der Waals surface area contributed by atoms with Crippen LogP contribution in [0.1, 0.15) is 28.1 Å². The van der Waals surface area contributed by atoms with Gasteiger partial charge in [0.05, 0.1) is 37.0 Å². The van der Waals surface area contributed by atoms with Crippen molar-refractivity contribution in [1.82, 2.24) is 20.5 Å². The standard InChI is InChI=1S/C22H33N5O2S/c1-4-23-22(25-16-21-17(2)26-18(3)30-21)24-15-19-6-5-7-20(14-19)29-13-10-27-8-11-28-12-9-27/h5-7,14H,4,8-13,15-16H2,1-3H3,(H2,23,24,25). The van der Waals surface area contributed by atoms with Crippen LogP contribution in [0.25, 0.3) is 0 Å². The lowest BCUT2D eigenvalue weighted by Crippen LogP contribution is -2.38. The van der Waals surface area contributed by atoms with Crippen LogP contribution in [0, 0.1) is 13.8 Å². The Bertz CT molecular complexity index is 818. The third-order valence-corrected chi connectivity index (χ3v) is 5.93. The molecule has 0 radical (unpaired) electrons. The molecule has 0 bridgehead atoms. The highest BCUT2D eigenvalue weighted by Gasteiger charge is 2.10. The molecule has 2 aromatic rings. The van der Waals surface area contributed by atoms with E-state index in [0.29, 0.717) is 13.2 Å². The summed E-state index contributed by atoms with van der Waals surface area (Å²) < 4.78 is 11.3. The van der Waals surface area contributed by atoms with Gasteiger partial charge in [0, 0.05) is 31.1 Å². The van der Waals surface area contributed by atoms with E-state index in [-0.39, 0.29) is 0 Å². The number of rotatable bonds is 9. The van der Waals surface area contributed by atoms with Crippen LogP contribution >= 0.6 is 11.3 Å². The normalized spacial score (nSPS) is 15.2. The van der Waals surface area contributed by atoms with Gasteiger partial charge in [-0.15, -0.1) is 11.3 Å². The first-order valence-electron chi connectivity index (χ1n) is 10.6. The van der Waals surface area contributed by atoms with Crippen molar-refractivity contribution in [2.45, 2.75) is 33.9 Å². The van der Waals surface area contributed by atoms with Crippen LogP contribution in [0.3, 0.4) is 0 Å². The Morgan fingerprint density at radius 1 is 1.27 bits per heavy atom. The average Bonchev–Trinajstić information content (AvgIpc) is 3.08. The Hall–Kier alpha value is -2.16. The minimum atomic E-state index is 0.594. The lowest BCUT2D eigenvalue weighted by molar-refractivity contribution is 0.0322.